The number of hydrogen-bond acceptors (Lipinski definition) is 8. The molecule has 3 rings (SSSR count). The van der Waals surface area contributed by atoms with Gasteiger partial charge in [0.25, 0.3) is 0 Å². The molecule has 0 aliphatic carbocycles. The number of alkyl carbamates (subject to hydrolysis) is 1. The minimum Gasteiger partial charge on any atom is -0.467 e. The van der Waals surface area contributed by atoms with Crippen LogP contribution in [0.2, 0.25) is 0 Å². The second-order valence-electron chi connectivity index (χ2n) is 12.5. The molecule has 2 saturated heterocycles. The van der Waals surface area contributed by atoms with Crippen molar-refractivity contribution >= 4 is 18.2 Å². The molecule has 2 heterocycles. The van der Waals surface area contributed by atoms with Gasteiger partial charge in [0.05, 0.1) is 25.8 Å². The van der Waals surface area contributed by atoms with E-state index in [1.165, 1.54) is 12.0 Å². The minimum atomic E-state index is -1.63. The molecule has 10 nitrogen and oxygen atoms in total. The minimum absolute atomic E-state index is 0.00230. The van der Waals surface area contributed by atoms with Gasteiger partial charge in [0, 0.05) is 5.56 Å². The van der Waals surface area contributed by atoms with Gasteiger partial charge in [0.15, 0.2) is 11.8 Å². The zero-order chi connectivity index (χ0) is 29.9. The Kier molecular flexibility index (Phi) is 9.57. The van der Waals surface area contributed by atoms with Gasteiger partial charge in [0.1, 0.15) is 17.3 Å². The highest BCUT2D eigenvalue weighted by Crippen LogP contribution is 2.45. The van der Waals surface area contributed by atoms with Crippen molar-refractivity contribution in [1.82, 2.24) is 10.2 Å². The highest BCUT2D eigenvalue weighted by atomic mass is 16.7. The number of carbonyl (C=O) groups is 3. The van der Waals surface area contributed by atoms with E-state index < -0.39 is 59.4 Å². The van der Waals surface area contributed by atoms with Crippen molar-refractivity contribution in [2.45, 2.75) is 109 Å². The fourth-order valence-electron chi connectivity index (χ4n) is 5.19. The number of nitrogens with one attached hydrogen (secondary N) is 1. The highest BCUT2D eigenvalue weighted by Gasteiger charge is 2.64. The molecule has 0 bridgehead atoms. The lowest BCUT2D eigenvalue weighted by molar-refractivity contribution is -0.255. The average Bonchev–Trinajstić information content (AvgIpc) is 3.21. The first-order valence-electron chi connectivity index (χ1n) is 13.6. The van der Waals surface area contributed by atoms with Crippen LogP contribution in [0.1, 0.15) is 80.1 Å². The molecule has 2 aliphatic rings. The van der Waals surface area contributed by atoms with E-state index in [-0.39, 0.29) is 13.0 Å². The molecule has 0 radical (unpaired) electrons. The quantitative estimate of drug-likeness (QED) is 0.294. The number of rotatable bonds is 5. The van der Waals surface area contributed by atoms with E-state index in [1.54, 1.807) is 41.5 Å². The van der Waals surface area contributed by atoms with Crippen molar-refractivity contribution in [3.8, 4) is 0 Å². The van der Waals surface area contributed by atoms with Gasteiger partial charge in [-0.25, -0.2) is 14.4 Å². The third kappa shape index (κ3) is 7.34. The Morgan fingerprint density at radius 1 is 1.02 bits per heavy atom. The topological polar surface area (TPSA) is 113 Å². The number of carbonyl (C=O) groups excluding carboxylic acids is 3. The Morgan fingerprint density at radius 2 is 1.65 bits per heavy atom. The van der Waals surface area contributed by atoms with Gasteiger partial charge < -0.3 is 29.0 Å². The number of benzene rings is 1. The maximum absolute atomic E-state index is 13.9. The SMILES string of the molecule is COC(=O)[C@]1([C@@H]2O[C@H](c3ccccc3)OC[C@@H]2NC(=O)OC(C)(C)C)CC[C@H](C=C(C)C)N1C(=O)OC(C)(C)C. The van der Waals surface area contributed by atoms with Crippen molar-refractivity contribution in [1.29, 1.82) is 0 Å². The molecule has 0 saturated carbocycles. The number of amides is 2. The Hall–Kier alpha value is -3.11. The summed E-state index contributed by atoms with van der Waals surface area (Å²) >= 11 is 0. The fourth-order valence-corrected chi connectivity index (χ4v) is 5.19. The number of likely N-dealkylation sites (tertiary alicyclic amines) is 1. The fraction of sp³-hybridized carbons (Fsp3) is 0.633. The van der Waals surface area contributed by atoms with E-state index in [1.807, 2.05) is 50.3 Å². The molecule has 0 spiro atoms. The molecule has 10 heteroatoms. The molecular weight excluding hydrogens is 516 g/mol. The van der Waals surface area contributed by atoms with Crippen LogP contribution in [0.5, 0.6) is 0 Å². The zero-order valence-electron chi connectivity index (χ0n) is 25.1. The Bertz CT molecular complexity index is 1090. The lowest BCUT2D eigenvalue weighted by Crippen LogP contribution is -2.70. The highest BCUT2D eigenvalue weighted by molar-refractivity contribution is 5.88. The first kappa shape index (κ1) is 31.4. The molecule has 2 aliphatic heterocycles. The molecule has 0 aromatic heterocycles. The van der Waals surface area contributed by atoms with Gasteiger partial charge in [-0.3, -0.25) is 4.90 Å². The molecule has 1 N–H and O–H groups in total. The van der Waals surface area contributed by atoms with Crippen LogP contribution in [0.4, 0.5) is 9.59 Å². The maximum atomic E-state index is 13.9. The van der Waals surface area contributed by atoms with Crippen LogP contribution in [0, 0.1) is 0 Å². The Balaban J connectivity index is 2.15. The van der Waals surface area contributed by atoms with E-state index in [2.05, 4.69) is 5.32 Å². The van der Waals surface area contributed by atoms with Crippen LogP contribution in [0.15, 0.2) is 42.0 Å². The number of nitrogens with zero attached hydrogens (tertiary/aromatic N) is 1. The van der Waals surface area contributed by atoms with Crippen LogP contribution in [-0.2, 0) is 28.5 Å². The molecule has 5 atom stereocenters. The predicted molar refractivity (Wildman–Crippen MR) is 148 cm³/mol. The Labute approximate surface area is 237 Å². The van der Waals surface area contributed by atoms with Gasteiger partial charge in [-0.2, -0.15) is 0 Å². The normalized spacial score (nSPS) is 27.0. The summed E-state index contributed by atoms with van der Waals surface area (Å²) in [5.41, 5.74) is -1.52. The van der Waals surface area contributed by atoms with Crippen molar-refractivity contribution in [2.75, 3.05) is 13.7 Å². The van der Waals surface area contributed by atoms with Gasteiger partial charge in [-0.1, -0.05) is 42.0 Å². The van der Waals surface area contributed by atoms with Crippen LogP contribution < -0.4 is 5.32 Å². The van der Waals surface area contributed by atoms with Crippen LogP contribution in [0.3, 0.4) is 0 Å². The van der Waals surface area contributed by atoms with E-state index in [9.17, 15) is 14.4 Å². The van der Waals surface area contributed by atoms with Gasteiger partial charge in [-0.05, 0) is 68.2 Å². The molecule has 222 valence electrons. The zero-order valence-corrected chi connectivity index (χ0v) is 25.1. The smallest absolute Gasteiger partial charge is 0.411 e. The largest absolute Gasteiger partial charge is 0.467 e. The number of hydrogen-bond donors (Lipinski definition) is 1. The second kappa shape index (κ2) is 12.2. The lowest BCUT2D eigenvalue weighted by Gasteiger charge is -2.48. The third-order valence-corrected chi connectivity index (χ3v) is 6.54. The summed E-state index contributed by atoms with van der Waals surface area (Å²) in [5.74, 6) is -0.669. The molecule has 1 aromatic rings. The standard InChI is InChI=1S/C30H44N2O8/c1-19(2)17-21-15-16-30(25(33)36-9,32(21)27(35)40-29(6,7)8)23-22(31-26(34)39-28(3,4)5)18-37-24(38-23)20-13-11-10-12-14-20/h10-14,17,21-24H,15-16,18H2,1-9H3,(H,31,34)/t21-,22+,23-,24-,30-/m1/s1. The molecule has 2 amide bonds. The van der Waals surface area contributed by atoms with E-state index in [0.717, 1.165) is 11.1 Å². The van der Waals surface area contributed by atoms with Gasteiger partial charge >= 0.3 is 18.2 Å². The Morgan fingerprint density at radius 3 is 2.20 bits per heavy atom. The first-order chi connectivity index (χ1) is 18.6. The third-order valence-electron chi connectivity index (χ3n) is 6.54. The number of allylic oxidation sites excluding steroid dienone is 1. The van der Waals surface area contributed by atoms with Crippen LogP contribution in [-0.4, -0.2) is 71.7 Å². The second-order valence-corrected chi connectivity index (χ2v) is 12.5. The van der Waals surface area contributed by atoms with Crippen molar-refractivity contribution < 1.29 is 38.1 Å². The summed E-state index contributed by atoms with van der Waals surface area (Å²) in [6.45, 7) is 14.4. The van der Waals surface area contributed by atoms with Gasteiger partial charge in [0.2, 0.25) is 0 Å². The van der Waals surface area contributed by atoms with Gasteiger partial charge in [-0.15, -0.1) is 0 Å². The van der Waals surface area contributed by atoms with E-state index >= 15 is 0 Å². The molecule has 1 aromatic carbocycles. The molecular formula is C30H44N2O8. The van der Waals surface area contributed by atoms with Crippen LogP contribution >= 0.6 is 0 Å². The molecule has 40 heavy (non-hydrogen) atoms. The number of esters is 1. The van der Waals surface area contributed by atoms with E-state index in [4.69, 9.17) is 23.7 Å². The summed E-state index contributed by atoms with van der Waals surface area (Å²) in [6.07, 6.45) is -0.696. The summed E-state index contributed by atoms with van der Waals surface area (Å²) in [5, 5.41) is 2.83. The monoisotopic (exact) mass is 560 g/mol. The van der Waals surface area contributed by atoms with E-state index in [0.29, 0.717) is 6.42 Å². The number of ether oxygens (including phenoxy) is 5. The molecule has 2 fully saturated rings. The maximum Gasteiger partial charge on any atom is 0.411 e. The lowest BCUT2D eigenvalue weighted by atomic mass is 9.84. The van der Waals surface area contributed by atoms with Crippen molar-refractivity contribution in [2.24, 2.45) is 0 Å². The summed E-state index contributed by atoms with van der Waals surface area (Å²) in [7, 11) is 1.27. The predicted octanol–water partition coefficient (Wildman–Crippen LogP) is 5.27. The summed E-state index contributed by atoms with van der Waals surface area (Å²) in [4.78, 5) is 42.1. The summed E-state index contributed by atoms with van der Waals surface area (Å²) < 4.78 is 29.2. The van der Waals surface area contributed by atoms with Crippen molar-refractivity contribution in [3.05, 3.63) is 47.5 Å². The van der Waals surface area contributed by atoms with Crippen molar-refractivity contribution in [3.63, 3.8) is 0 Å². The molecule has 0 unspecified atom stereocenters. The summed E-state index contributed by atoms with van der Waals surface area (Å²) in [6, 6.07) is 7.95. The first-order valence-corrected chi connectivity index (χ1v) is 13.6. The van der Waals surface area contributed by atoms with Crippen LogP contribution in [0.25, 0.3) is 0 Å². The number of methoxy groups -OCH3 is 1. The average molecular weight is 561 g/mol.